The fourth-order valence-corrected chi connectivity index (χ4v) is 4.77. The molecule has 14 nitrogen and oxygen atoms in total. The van der Waals surface area contributed by atoms with E-state index >= 15 is 0 Å². The zero-order chi connectivity index (χ0) is 30.9. The molecular formula is C29H37N9O5. The van der Waals surface area contributed by atoms with Gasteiger partial charge in [0.15, 0.2) is 0 Å². The number of rotatable bonds is 15. The molecule has 3 aromatic heterocycles. The zero-order valence-electron chi connectivity index (χ0n) is 24.0. The Morgan fingerprint density at radius 2 is 1.51 bits per heavy atom. The Balaban J connectivity index is 1.48. The summed E-state index contributed by atoms with van der Waals surface area (Å²) in [5.74, 6) is -3.39. The number of carboxylic acids is 1. The Hall–Kier alpha value is -4.98. The summed E-state index contributed by atoms with van der Waals surface area (Å²) < 4.78 is 0. The van der Waals surface area contributed by atoms with Gasteiger partial charge in [0, 0.05) is 60.1 Å². The maximum absolute atomic E-state index is 13.6. The smallest absolute Gasteiger partial charge is 0.326 e. The molecule has 3 amide bonds. The number of hydrogen-bond donors (Lipinski definition) is 8. The summed E-state index contributed by atoms with van der Waals surface area (Å²) in [7, 11) is 0. The van der Waals surface area contributed by atoms with Crippen molar-refractivity contribution >= 4 is 34.6 Å². The Morgan fingerprint density at radius 3 is 2.14 bits per heavy atom. The first-order valence-electron chi connectivity index (χ1n) is 14.0. The molecule has 0 spiro atoms. The number of H-pyrrole nitrogens is 3. The Kier molecular flexibility index (Phi) is 10.3. The standard InChI is InChI=1S/C29H37N9O5/c1-3-16(2)25(28(41)37-24(29(42)43)8-17-11-33-22-7-5-4-6-20(17)22)38-27(40)23(10-19-13-32-15-35-19)36-26(39)21(30)9-18-12-31-14-34-18/h4-7,11-16,21,23-25,33H,3,8-10,30H2,1-2H3,(H,31,34)(H,32,35)(H,36,39)(H,37,41)(H,38,40)(H,42,43). The van der Waals surface area contributed by atoms with E-state index in [1.54, 1.807) is 19.3 Å². The lowest BCUT2D eigenvalue weighted by Gasteiger charge is -2.28. The second-order valence-electron chi connectivity index (χ2n) is 10.6. The molecule has 3 heterocycles. The third-order valence-corrected chi connectivity index (χ3v) is 7.45. The highest BCUT2D eigenvalue weighted by Crippen LogP contribution is 2.19. The predicted octanol–water partition coefficient (Wildman–Crippen LogP) is 0.554. The third-order valence-electron chi connectivity index (χ3n) is 7.45. The van der Waals surface area contributed by atoms with Crippen LogP contribution in [0.3, 0.4) is 0 Å². The monoisotopic (exact) mass is 591 g/mol. The van der Waals surface area contributed by atoms with Crippen LogP contribution < -0.4 is 21.7 Å². The second-order valence-corrected chi connectivity index (χ2v) is 10.6. The van der Waals surface area contributed by atoms with E-state index in [-0.39, 0.29) is 25.2 Å². The normalized spacial score (nSPS) is 14.8. The van der Waals surface area contributed by atoms with Crippen LogP contribution in [0.1, 0.15) is 37.2 Å². The average Bonchev–Trinajstić information content (AvgIpc) is 3.78. The van der Waals surface area contributed by atoms with Crippen molar-refractivity contribution in [3.8, 4) is 0 Å². The van der Waals surface area contributed by atoms with Crippen LogP contribution in [0.4, 0.5) is 0 Å². The van der Waals surface area contributed by atoms with Crippen molar-refractivity contribution < 1.29 is 24.3 Å². The van der Waals surface area contributed by atoms with Gasteiger partial charge in [-0.3, -0.25) is 14.4 Å². The van der Waals surface area contributed by atoms with Crippen molar-refractivity contribution in [1.29, 1.82) is 0 Å². The molecule has 0 saturated carbocycles. The van der Waals surface area contributed by atoms with Crippen molar-refractivity contribution in [2.45, 2.75) is 63.7 Å². The minimum Gasteiger partial charge on any atom is -0.480 e. The van der Waals surface area contributed by atoms with Crippen LogP contribution >= 0.6 is 0 Å². The quantitative estimate of drug-likeness (QED) is 0.0972. The number of aliphatic carboxylic acids is 1. The summed E-state index contributed by atoms with van der Waals surface area (Å²) in [6, 6.07) is 3.11. The molecule has 43 heavy (non-hydrogen) atoms. The maximum atomic E-state index is 13.6. The maximum Gasteiger partial charge on any atom is 0.326 e. The molecule has 0 radical (unpaired) electrons. The molecule has 0 bridgehead atoms. The number of carbonyl (C=O) groups is 4. The lowest BCUT2D eigenvalue weighted by atomic mass is 9.96. The summed E-state index contributed by atoms with van der Waals surface area (Å²) in [5.41, 5.74) is 8.92. The molecule has 1 aromatic carbocycles. The molecule has 5 atom stereocenters. The van der Waals surface area contributed by atoms with Crippen molar-refractivity contribution in [2.24, 2.45) is 11.7 Å². The predicted molar refractivity (Wildman–Crippen MR) is 157 cm³/mol. The van der Waals surface area contributed by atoms with E-state index in [1.807, 2.05) is 31.2 Å². The summed E-state index contributed by atoms with van der Waals surface area (Å²) in [4.78, 5) is 69.0. The number of benzene rings is 1. The topological polar surface area (TPSA) is 224 Å². The van der Waals surface area contributed by atoms with E-state index in [4.69, 9.17) is 5.73 Å². The molecule has 0 aliphatic heterocycles. The first kappa shape index (κ1) is 31.0. The number of nitrogens with two attached hydrogens (primary N) is 1. The minimum atomic E-state index is -1.24. The second kappa shape index (κ2) is 14.3. The fourth-order valence-electron chi connectivity index (χ4n) is 4.77. The van der Waals surface area contributed by atoms with Crippen molar-refractivity contribution in [3.05, 3.63) is 72.5 Å². The molecule has 4 aromatic rings. The summed E-state index contributed by atoms with van der Waals surface area (Å²) in [6.07, 6.45) is 8.52. The lowest BCUT2D eigenvalue weighted by molar-refractivity contribution is -0.142. The van der Waals surface area contributed by atoms with Crippen LogP contribution in [0.5, 0.6) is 0 Å². The van der Waals surface area contributed by atoms with Gasteiger partial charge in [-0.15, -0.1) is 0 Å². The average molecular weight is 592 g/mol. The van der Waals surface area contributed by atoms with Gasteiger partial charge in [-0.25, -0.2) is 14.8 Å². The number of carboxylic acid groups (broad SMARTS) is 1. The molecule has 9 N–H and O–H groups in total. The largest absolute Gasteiger partial charge is 0.480 e. The number of nitrogens with one attached hydrogen (secondary N) is 6. The Morgan fingerprint density at radius 1 is 0.860 bits per heavy atom. The van der Waals surface area contributed by atoms with E-state index in [0.29, 0.717) is 17.8 Å². The number of fused-ring (bicyclic) bond motifs is 1. The molecule has 0 aliphatic rings. The van der Waals surface area contributed by atoms with Crippen LogP contribution in [0.2, 0.25) is 0 Å². The number of para-hydroxylation sites is 1. The van der Waals surface area contributed by atoms with Crippen molar-refractivity contribution in [2.75, 3.05) is 0 Å². The SMILES string of the molecule is CCC(C)C(NC(=O)C(Cc1cnc[nH]1)NC(=O)C(N)Cc1cnc[nH]1)C(=O)NC(Cc1c[nH]c2ccccc12)C(=O)O. The number of aromatic nitrogens is 5. The molecule has 0 aliphatic carbocycles. The minimum absolute atomic E-state index is 0.0407. The zero-order valence-corrected chi connectivity index (χ0v) is 24.0. The van der Waals surface area contributed by atoms with Gasteiger partial charge in [-0.05, 0) is 17.5 Å². The van der Waals surface area contributed by atoms with Gasteiger partial charge in [-0.2, -0.15) is 0 Å². The first-order chi connectivity index (χ1) is 20.7. The van der Waals surface area contributed by atoms with E-state index in [1.165, 1.54) is 18.9 Å². The van der Waals surface area contributed by atoms with Crippen LogP contribution in [-0.2, 0) is 38.4 Å². The van der Waals surface area contributed by atoms with E-state index in [9.17, 15) is 24.3 Å². The van der Waals surface area contributed by atoms with E-state index < -0.39 is 47.9 Å². The van der Waals surface area contributed by atoms with Gasteiger partial charge in [0.25, 0.3) is 0 Å². The number of aromatic amines is 3. The molecule has 0 saturated heterocycles. The fraction of sp³-hybridized carbons (Fsp3) is 0.379. The van der Waals surface area contributed by atoms with Crippen LogP contribution in [-0.4, -0.2) is 77.9 Å². The number of imidazole rings is 2. The highest BCUT2D eigenvalue weighted by molar-refractivity contribution is 5.94. The van der Waals surface area contributed by atoms with Crippen molar-refractivity contribution in [1.82, 2.24) is 40.9 Å². The van der Waals surface area contributed by atoms with E-state index in [2.05, 4.69) is 40.9 Å². The highest BCUT2D eigenvalue weighted by Gasteiger charge is 2.33. The van der Waals surface area contributed by atoms with Crippen LogP contribution in [0.15, 0.2) is 55.5 Å². The van der Waals surface area contributed by atoms with Gasteiger partial charge >= 0.3 is 5.97 Å². The number of carbonyl (C=O) groups excluding carboxylic acids is 3. The van der Waals surface area contributed by atoms with Gasteiger partial charge in [0.2, 0.25) is 17.7 Å². The van der Waals surface area contributed by atoms with E-state index in [0.717, 1.165) is 16.5 Å². The highest BCUT2D eigenvalue weighted by atomic mass is 16.4. The summed E-state index contributed by atoms with van der Waals surface area (Å²) >= 11 is 0. The van der Waals surface area contributed by atoms with Gasteiger partial charge in [-0.1, -0.05) is 38.5 Å². The van der Waals surface area contributed by atoms with Gasteiger partial charge < -0.3 is 41.7 Å². The van der Waals surface area contributed by atoms with Crippen LogP contribution in [0.25, 0.3) is 10.9 Å². The Bertz CT molecular complexity index is 1520. The lowest BCUT2D eigenvalue weighted by Crippen LogP contribution is -2.59. The summed E-state index contributed by atoms with van der Waals surface area (Å²) in [5, 5.41) is 18.8. The van der Waals surface area contributed by atoms with Gasteiger partial charge in [0.1, 0.15) is 18.1 Å². The molecule has 14 heteroatoms. The van der Waals surface area contributed by atoms with Crippen molar-refractivity contribution in [3.63, 3.8) is 0 Å². The molecule has 4 rings (SSSR count). The molecular weight excluding hydrogens is 554 g/mol. The number of amides is 3. The molecule has 5 unspecified atom stereocenters. The summed E-state index contributed by atoms with van der Waals surface area (Å²) in [6.45, 7) is 3.64. The third kappa shape index (κ3) is 8.07. The number of hydrogen-bond acceptors (Lipinski definition) is 7. The Labute approximate surface area is 247 Å². The van der Waals surface area contributed by atoms with Gasteiger partial charge in [0.05, 0.1) is 18.7 Å². The molecule has 0 fully saturated rings. The van der Waals surface area contributed by atoms with Crippen LogP contribution in [0, 0.1) is 5.92 Å². The molecule has 228 valence electrons. The first-order valence-corrected chi connectivity index (χ1v) is 14.0. The number of nitrogens with zero attached hydrogens (tertiary/aromatic N) is 2.